The molecule has 0 radical (unpaired) electrons. The van der Waals surface area contributed by atoms with Gasteiger partial charge in [-0.3, -0.25) is 4.72 Å². The van der Waals surface area contributed by atoms with Gasteiger partial charge in [0.15, 0.2) is 0 Å². The molecule has 0 fully saturated rings. The summed E-state index contributed by atoms with van der Waals surface area (Å²) in [5.74, 6) is 0. The fourth-order valence-corrected chi connectivity index (χ4v) is 3.35. The molecule has 5 nitrogen and oxygen atoms in total. The zero-order valence-corrected chi connectivity index (χ0v) is 12.4. The summed E-state index contributed by atoms with van der Waals surface area (Å²) in [6.07, 6.45) is 0. The largest absolute Gasteiger partial charge is 0.280 e. The molecule has 0 spiro atoms. The number of benzene rings is 2. The van der Waals surface area contributed by atoms with Crippen LogP contribution in [0.2, 0.25) is 0 Å². The highest BCUT2D eigenvalue weighted by atomic mass is 35.7. The molecule has 0 aliphatic rings. The molecule has 1 N–H and O–H groups in total. The van der Waals surface area contributed by atoms with Crippen molar-refractivity contribution in [3.05, 3.63) is 54.6 Å². The van der Waals surface area contributed by atoms with Gasteiger partial charge >= 0.3 is 0 Å². The molecule has 20 heavy (non-hydrogen) atoms. The van der Waals surface area contributed by atoms with E-state index in [1.54, 1.807) is 18.2 Å². The first-order valence-corrected chi connectivity index (χ1v) is 9.21. The number of sulfonamides is 1. The van der Waals surface area contributed by atoms with Crippen molar-refractivity contribution in [2.24, 2.45) is 0 Å². The summed E-state index contributed by atoms with van der Waals surface area (Å²) in [4.78, 5) is 0.0240. The molecule has 2 aromatic carbocycles. The summed E-state index contributed by atoms with van der Waals surface area (Å²) in [6, 6.07) is 13.0. The molecule has 0 unspecified atom stereocenters. The van der Waals surface area contributed by atoms with Crippen LogP contribution in [0.3, 0.4) is 0 Å². The average Bonchev–Trinajstić information content (AvgIpc) is 2.39. The maximum absolute atomic E-state index is 12.0. The van der Waals surface area contributed by atoms with E-state index >= 15 is 0 Å². The van der Waals surface area contributed by atoms with Crippen molar-refractivity contribution < 1.29 is 16.8 Å². The molecular formula is C12H10ClNO4S2. The van der Waals surface area contributed by atoms with Gasteiger partial charge in [0.2, 0.25) is 0 Å². The monoisotopic (exact) mass is 331 g/mol. The van der Waals surface area contributed by atoms with E-state index in [1.165, 1.54) is 36.4 Å². The lowest BCUT2D eigenvalue weighted by Crippen LogP contribution is -2.12. The third kappa shape index (κ3) is 3.50. The molecule has 0 atom stereocenters. The molecule has 0 aliphatic carbocycles. The SMILES string of the molecule is O=S(=O)(Cl)c1ccc(NS(=O)(=O)c2ccccc2)cc1. The highest BCUT2D eigenvalue weighted by molar-refractivity contribution is 8.13. The van der Waals surface area contributed by atoms with Crippen LogP contribution in [0, 0.1) is 0 Å². The standard InChI is InChI=1S/C12H10ClNO4S2/c13-19(15,16)11-8-6-10(7-9-11)14-20(17,18)12-4-2-1-3-5-12/h1-9,14H. The van der Waals surface area contributed by atoms with E-state index in [0.29, 0.717) is 0 Å². The highest BCUT2D eigenvalue weighted by Crippen LogP contribution is 2.20. The van der Waals surface area contributed by atoms with Crippen LogP contribution in [0.15, 0.2) is 64.4 Å². The Kier molecular flexibility index (Phi) is 4.03. The van der Waals surface area contributed by atoms with Gasteiger partial charge in [-0.15, -0.1) is 0 Å². The minimum atomic E-state index is -3.82. The minimum Gasteiger partial charge on any atom is -0.280 e. The Morgan fingerprint density at radius 2 is 1.30 bits per heavy atom. The summed E-state index contributed by atoms with van der Waals surface area (Å²) in [5.41, 5.74) is 0.248. The van der Waals surface area contributed by atoms with Gasteiger partial charge in [0, 0.05) is 16.4 Å². The van der Waals surface area contributed by atoms with Crippen LogP contribution in [-0.2, 0) is 19.1 Å². The zero-order valence-electron chi connectivity index (χ0n) is 10.0. The molecule has 106 valence electrons. The molecule has 0 aliphatic heterocycles. The Morgan fingerprint density at radius 3 is 1.80 bits per heavy atom. The van der Waals surface area contributed by atoms with Gasteiger partial charge in [0.25, 0.3) is 19.1 Å². The lowest BCUT2D eigenvalue weighted by Gasteiger charge is -2.08. The minimum absolute atomic E-state index is 0.0955. The number of hydrogen-bond donors (Lipinski definition) is 1. The Balaban J connectivity index is 2.27. The fourth-order valence-electron chi connectivity index (χ4n) is 1.50. The fraction of sp³-hybridized carbons (Fsp3) is 0. The number of rotatable bonds is 4. The first-order chi connectivity index (χ1) is 9.29. The van der Waals surface area contributed by atoms with Gasteiger partial charge in [-0.25, -0.2) is 16.8 Å². The predicted octanol–water partition coefficient (Wildman–Crippen LogP) is 2.41. The molecule has 0 amide bonds. The Labute approximate surface area is 121 Å². The predicted molar refractivity (Wildman–Crippen MR) is 76.7 cm³/mol. The van der Waals surface area contributed by atoms with Gasteiger partial charge in [-0.05, 0) is 36.4 Å². The van der Waals surface area contributed by atoms with Crippen molar-refractivity contribution in [2.45, 2.75) is 9.79 Å². The molecule has 0 heterocycles. The van der Waals surface area contributed by atoms with Crippen molar-refractivity contribution >= 4 is 35.4 Å². The maximum atomic E-state index is 12.0. The van der Waals surface area contributed by atoms with Crippen LogP contribution >= 0.6 is 10.7 Å². The van der Waals surface area contributed by atoms with Crippen LogP contribution in [0.1, 0.15) is 0 Å². The molecule has 2 aromatic rings. The second kappa shape index (κ2) is 5.43. The molecule has 0 aromatic heterocycles. The Hall–Kier alpha value is -1.57. The molecule has 0 saturated carbocycles. The average molecular weight is 332 g/mol. The van der Waals surface area contributed by atoms with Crippen LogP contribution in [0.4, 0.5) is 5.69 Å². The van der Waals surface area contributed by atoms with E-state index in [4.69, 9.17) is 10.7 Å². The molecule has 0 bridgehead atoms. The normalized spacial score (nSPS) is 12.1. The van der Waals surface area contributed by atoms with Crippen molar-refractivity contribution in [2.75, 3.05) is 4.72 Å². The third-order valence-corrected chi connectivity index (χ3v) is 5.21. The van der Waals surface area contributed by atoms with Crippen molar-refractivity contribution in [1.82, 2.24) is 0 Å². The van der Waals surface area contributed by atoms with Gasteiger partial charge in [0.1, 0.15) is 0 Å². The first kappa shape index (κ1) is 14.8. The van der Waals surface area contributed by atoms with Gasteiger partial charge in [-0.2, -0.15) is 0 Å². The quantitative estimate of drug-likeness (QED) is 0.872. The summed E-state index contributed by atoms with van der Waals surface area (Å²) in [5, 5.41) is 0. The first-order valence-electron chi connectivity index (χ1n) is 5.42. The van der Waals surface area contributed by atoms with Crippen LogP contribution in [0.25, 0.3) is 0 Å². The summed E-state index contributed by atoms with van der Waals surface area (Å²) in [6.45, 7) is 0. The van der Waals surface area contributed by atoms with Crippen LogP contribution in [-0.4, -0.2) is 16.8 Å². The Bertz CT molecular complexity index is 800. The smallest absolute Gasteiger partial charge is 0.261 e. The third-order valence-electron chi connectivity index (χ3n) is 2.44. The van der Waals surface area contributed by atoms with E-state index in [2.05, 4.69) is 4.72 Å². The molecule has 8 heteroatoms. The van der Waals surface area contributed by atoms with Crippen LogP contribution in [0.5, 0.6) is 0 Å². The van der Waals surface area contributed by atoms with Crippen molar-refractivity contribution in [3.8, 4) is 0 Å². The number of anilines is 1. The lowest BCUT2D eigenvalue weighted by atomic mass is 10.3. The summed E-state index contributed by atoms with van der Waals surface area (Å²) in [7, 11) is -2.34. The molecule has 2 rings (SSSR count). The second-order valence-electron chi connectivity index (χ2n) is 3.88. The van der Waals surface area contributed by atoms with Crippen molar-refractivity contribution in [3.63, 3.8) is 0 Å². The summed E-state index contributed by atoms with van der Waals surface area (Å²) < 4.78 is 48.6. The zero-order chi connectivity index (χ0) is 14.8. The molecular weight excluding hydrogens is 322 g/mol. The second-order valence-corrected chi connectivity index (χ2v) is 8.13. The van der Waals surface area contributed by atoms with Gasteiger partial charge in [0.05, 0.1) is 9.79 Å². The Morgan fingerprint density at radius 1 is 0.750 bits per heavy atom. The maximum Gasteiger partial charge on any atom is 0.261 e. The lowest BCUT2D eigenvalue weighted by molar-refractivity contribution is 0.601. The number of nitrogens with one attached hydrogen (secondary N) is 1. The van der Waals surface area contributed by atoms with Gasteiger partial charge < -0.3 is 0 Å². The van der Waals surface area contributed by atoms with Gasteiger partial charge in [-0.1, -0.05) is 18.2 Å². The highest BCUT2D eigenvalue weighted by Gasteiger charge is 2.14. The van der Waals surface area contributed by atoms with Crippen LogP contribution < -0.4 is 4.72 Å². The van der Waals surface area contributed by atoms with E-state index in [1.807, 2.05) is 0 Å². The van der Waals surface area contributed by atoms with E-state index < -0.39 is 19.1 Å². The summed E-state index contributed by atoms with van der Waals surface area (Å²) >= 11 is 0. The molecule has 0 saturated heterocycles. The van der Waals surface area contributed by atoms with E-state index in [9.17, 15) is 16.8 Å². The van der Waals surface area contributed by atoms with E-state index in [0.717, 1.165) is 0 Å². The number of hydrogen-bond acceptors (Lipinski definition) is 4. The van der Waals surface area contributed by atoms with Crippen molar-refractivity contribution in [1.29, 1.82) is 0 Å². The van der Waals surface area contributed by atoms with E-state index in [-0.39, 0.29) is 15.5 Å². The number of halogens is 1. The topological polar surface area (TPSA) is 80.3 Å².